The third-order valence-electron chi connectivity index (χ3n) is 7.77. The number of nitrogens with zero attached hydrogens (tertiary/aromatic N) is 3. The molecule has 37 heavy (non-hydrogen) atoms. The largest absolute Gasteiger partial charge is 0.337 e. The van der Waals surface area contributed by atoms with Crippen LogP contribution in [0.15, 0.2) is 59.5 Å². The van der Waals surface area contributed by atoms with Crippen molar-refractivity contribution < 1.29 is 18.0 Å². The summed E-state index contributed by atoms with van der Waals surface area (Å²) >= 11 is 0. The Balaban J connectivity index is 1.22. The molecule has 198 valence electrons. The molecule has 0 bridgehead atoms. The van der Waals surface area contributed by atoms with Crippen LogP contribution in [0.2, 0.25) is 0 Å². The minimum absolute atomic E-state index is 0.0110. The van der Waals surface area contributed by atoms with Gasteiger partial charge in [-0.05, 0) is 74.9 Å². The number of carbonyl (C=O) groups is 2. The van der Waals surface area contributed by atoms with Crippen LogP contribution >= 0.6 is 0 Å². The van der Waals surface area contributed by atoms with Gasteiger partial charge in [-0.15, -0.1) is 0 Å². The van der Waals surface area contributed by atoms with Crippen molar-refractivity contribution in [2.75, 3.05) is 39.3 Å². The van der Waals surface area contributed by atoms with Crippen LogP contribution in [0, 0.1) is 0 Å². The number of hydrogen-bond donors (Lipinski definition) is 1. The van der Waals surface area contributed by atoms with E-state index in [4.69, 9.17) is 0 Å². The molecule has 9 heteroatoms. The van der Waals surface area contributed by atoms with E-state index in [1.807, 2.05) is 41.3 Å². The van der Waals surface area contributed by atoms with E-state index in [1.165, 1.54) is 23.8 Å². The first-order chi connectivity index (χ1) is 17.9. The summed E-state index contributed by atoms with van der Waals surface area (Å²) in [7, 11) is -3.91. The molecule has 1 N–H and O–H groups in total. The maximum absolute atomic E-state index is 13.3. The van der Waals surface area contributed by atoms with Crippen LogP contribution in [0.3, 0.4) is 0 Å². The molecule has 0 aromatic heterocycles. The molecule has 0 aliphatic carbocycles. The molecule has 3 aliphatic rings. The Morgan fingerprint density at radius 2 is 1.59 bits per heavy atom. The molecule has 8 nitrogen and oxygen atoms in total. The van der Waals surface area contributed by atoms with Crippen LogP contribution in [-0.2, 0) is 19.6 Å². The van der Waals surface area contributed by atoms with Gasteiger partial charge in [-0.1, -0.05) is 42.5 Å². The first-order valence-electron chi connectivity index (χ1n) is 13.4. The first-order valence-corrected chi connectivity index (χ1v) is 14.9. The lowest BCUT2D eigenvalue weighted by Crippen LogP contribution is -2.55. The zero-order valence-corrected chi connectivity index (χ0v) is 22.0. The highest BCUT2D eigenvalue weighted by Gasteiger charge is 2.36. The van der Waals surface area contributed by atoms with Crippen LogP contribution in [0.1, 0.15) is 38.5 Å². The molecular weight excluding hydrogens is 488 g/mol. The Morgan fingerprint density at radius 1 is 0.865 bits per heavy atom. The zero-order chi connectivity index (χ0) is 25.8. The molecule has 3 aliphatic heterocycles. The van der Waals surface area contributed by atoms with Crippen LogP contribution in [-0.4, -0.2) is 86.3 Å². The lowest BCUT2D eigenvalue weighted by Gasteiger charge is -2.34. The van der Waals surface area contributed by atoms with Crippen molar-refractivity contribution in [1.29, 1.82) is 0 Å². The van der Waals surface area contributed by atoms with E-state index in [0.717, 1.165) is 50.1 Å². The standard InChI is InChI=1S/C28H36N4O4S/c33-27(32-18-7-12-24(32)20-30-15-4-5-16-30)21-31-17-8-14-26(28(31)34)29-37(35,36)25-13-6-11-23(19-25)22-9-2-1-3-10-22/h1-3,6,9-11,13,19,24,26,29H,4-5,7-8,12,14-18,20-21H2/t24-,26-/m0/s1. The van der Waals surface area contributed by atoms with Crippen molar-refractivity contribution >= 4 is 21.8 Å². The summed E-state index contributed by atoms with van der Waals surface area (Å²) in [5.74, 6) is -0.355. The second-order valence-electron chi connectivity index (χ2n) is 10.4. The van der Waals surface area contributed by atoms with E-state index in [0.29, 0.717) is 19.4 Å². The van der Waals surface area contributed by atoms with Crippen molar-refractivity contribution in [2.45, 2.75) is 55.5 Å². The maximum Gasteiger partial charge on any atom is 0.242 e. The van der Waals surface area contributed by atoms with Crippen molar-refractivity contribution in [3.05, 3.63) is 54.6 Å². The SMILES string of the molecule is O=C1[C@@H](NS(=O)(=O)c2cccc(-c3ccccc3)c2)CCCN1CC(=O)N1CCC[C@H]1CN1CCCC1. The second kappa shape index (κ2) is 11.3. The molecule has 2 aromatic rings. The van der Waals surface area contributed by atoms with Gasteiger partial charge in [0.25, 0.3) is 0 Å². The number of nitrogens with one attached hydrogen (secondary N) is 1. The summed E-state index contributed by atoms with van der Waals surface area (Å²) in [6, 6.07) is 15.6. The highest BCUT2D eigenvalue weighted by atomic mass is 32.2. The Kier molecular flexibility index (Phi) is 7.92. The van der Waals surface area contributed by atoms with Gasteiger partial charge in [-0.2, -0.15) is 4.72 Å². The van der Waals surface area contributed by atoms with Crippen LogP contribution in [0.5, 0.6) is 0 Å². The fourth-order valence-corrected chi connectivity index (χ4v) is 7.08. The summed E-state index contributed by atoms with van der Waals surface area (Å²) in [4.78, 5) is 32.5. The molecule has 2 amide bonds. The Bertz CT molecular complexity index is 1210. The summed E-state index contributed by atoms with van der Waals surface area (Å²) in [5, 5.41) is 0. The monoisotopic (exact) mass is 524 g/mol. The predicted octanol–water partition coefficient (Wildman–Crippen LogP) is 2.71. The summed E-state index contributed by atoms with van der Waals surface area (Å²) in [6.07, 6.45) is 5.49. The molecule has 2 atom stereocenters. The maximum atomic E-state index is 13.3. The highest BCUT2D eigenvalue weighted by molar-refractivity contribution is 7.89. The zero-order valence-electron chi connectivity index (χ0n) is 21.2. The number of hydrogen-bond acceptors (Lipinski definition) is 5. The van der Waals surface area contributed by atoms with Crippen molar-refractivity contribution in [1.82, 2.24) is 19.4 Å². The second-order valence-corrected chi connectivity index (χ2v) is 12.1. The third kappa shape index (κ3) is 6.05. The van der Waals surface area contributed by atoms with Gasteiger partial charge in [0.05, 0.1) is 11.4 Å². The highest BCUT2D eigenvalue weighted by Crippen LogP contribution is 2.24. The Hall–Kier alpha value is -2.75. The molecular formula is C28H36N4O4S. The fourth-order valence-electron chi connectivity index (χ4n) is 5.81. The van der Waals surface area contributed by atoms with Gasteiger partial charge in [0.2, 0.25) is 21.8 Å². The minimum Gasteiger partial charge on any atom is -0.337 e. The number of carbonyl (C=O) groups excluding carboxylic acids is 2. The number of rotatable bonds is 8. The van der Waals surface area contributed by atoms with E-state index in [2.05, 4.69) is 9.62 Å². The van der Waals surface area contributed by atoms with E-state index in [1.54, 1.807) is 12.1 Å². The smallest absolute Gasteiger partial charge is 0.242 e. The molecule has 3 fully saturated rings. The van der Waals surface area contributed by atoms with Crippen molar-refractivity contribution in [3.63, 3.8) is 0 Å². The lowest BCUT2D eigenvalue weighted by atomic mass is 10.1. The van der Waals surface area contributed by atoms with Gasteiger partial charge in [-0.3, -0.25) is 9.59 Å². The molecule has 3 heterocycles. The molecule has 0 unspecified atom stereocenters. The van der Waals surface area contributed by atoms with E-state index >= 15 is 0 Å². The van der Waals surface area contributed by atoms with Crippen molar-refractivity contribution in [2.24, 2.45) is 0 Å². The molecule has 0 saturated carbocycles. The first kappa shape index (κ1) is 25.9. The normalized spacial score (nSPS) is 23.1. The Morgan fingerprint density at radius 3 is 2.38 bits per heavy atom. The van der Waals surface area contributed by atoms with Crippen LogP contribution in [0.25, 0.3) is 11.1 Å². The van der Waals surface area contributed by atoms with Crippen LogP contribution in [0.4, 0.5) is 0 Å². The summed E-state index contributed by atoms with van der Waals surface area (Å²) in [6.45, 7) is 4.31. The molecule has 0 radical (unpaired) electrons. The number of piperidine rings is 1. The number of amides is 2. The number of likely N-dealkylation sites (tertiary alicyclic amines) is 3. The van der Waals surface area contributed by atoms with Gasteiger partial charge in [0, 0.05) is 25.7 Å². The van der Waals surface area contributed by atoms with Crippen molar-refractivity contribution in [3.8, 4) is 11.1 Å². The van der Waals surface area contributed by atoms with Gasteiger partial charge in [0.15, 0.2) is 0 Å². The lowest BCUT2D eigenvalue weighted by molar-refractivity contribution is -0.143. The van der Waals surface area contributed by atoms with Gasteiger partial charge in [-0.25, -0.2) is 8.42 Å². The fraction of sp³-hybridized carbons (Fsp3) is 0.500. The van der Waals surface area contributed by atoms with Gasteiger partial charge >= 0.3 is 0 Å². The van der Waals surface area contributed by atoms with E-state index < -0.39 is 16.1 Å². The average Bonchev–Trinajstić information content (AvgIpc) is 3.60. The predicted molar refractivity (Wildman–Crippen MR) is 142 cm³/mol. The quantitative estimate of drug-likeness (QED) is 0.574. The molecule has 0 spiro atoms. The number of benzene rings is 2. The summed E-state index contributed by atoms with van der Waals surface area (Å²) in [5.41, 5.74) is 1.71. The van der Waals surface area contributed by atoms with E-state index in [9.17, 15) is 18.0 Å². The average molecular weight is 525 g/mol. The Labute approximate surface area is 219 Å². The number of sulfonamides is 1. The molecule has 3 saturated heterocycles. The summed E-state index contributed by atoms with van der Waals surface area (Å²) < 4.78 is 29.0. The minimum atomic E-state index is -3.91. The topological polar surface area (TPSA) is 90.0 Å². The third-order valence-corrected chi connectivity index (χ3v) is 9.24. The molecule has 5 rings (SSSR count). The van der Waals surface area contributed by atoms with Gasteiger partial charge < -0.3 is 14.7 Å². The van der Waals surface area contributed by atoms with E-state index in [-0.39, 0.29) is 29.3 Å². The van der Waals surface area contributed by atoms with Crippen LogP contribution < -0.4 is 4.72 Å². The van der Waals surface area contributed by atoms with Gasteiger partial charge in [0.1, 0.15) is 6.04 Å². The molecule has 2 aromatic carbocycles.